The second kappa shape index (κ2) is 7.54. The van der Waals surface area contributed by atoms with E-state index in [4.69, 9.17) is 5.73 Å². The van der Waals surface area contributed by atoms with Crippen LogP contribution in [0.5, 0.6) is 0 Å². The summed E-state index contributed by atoms with van der Waals surface area (Å²) in [5.41, 5.74) is 13.1. The molecule has 5 rings (SSSR count). The predicted octanol–water partition coefficient (Wildman–Crippen LogP) is 3.83. The molecule has 1 aliphatic heterocycles. The molecule has 0 radical (unpaired) electrons. The van der Waals surface area contributed by atoms with Crippen molar-refractivity contribution in [3.8, 4) is 11.1 Å². The average molecular weight is 399 g/mol. The summed E-state index contributed by atoms with van der Waals surface area (Å²) in [5, 5.41) is 0. The fourth-order valence-electron chi connectivity index (χ4n) is 4.65. The maximum Gasteiger partial charge on any atom is 0.162 e. The molecule has 152 valence electrons. The first kappa shape index (κ1) is 18.8. The van der Waals surface area contributed by atoms with Gasteiger partial charge in [-0.05, 0) is 42.0 Å². The number of aromatic amines is 1. The van der Waals surface area contributed by atoms with Crippen LogP contribution in [-0.2, 0) is 5.41 Å². The first-order valence-corrected chi connectivity index (χ1v) is 10.5. The molecule has 4 aromatic rings. The number of anilines is 1. The van der Waals surface area contributed by atoms with Crippen LogP contribution in [0.1, 0.15) is 24.0 Å². The molecular formula is C24H26N6. The maximum atomic E-state index is 6.39. The minimum absolute atomic E-state index is 0.0209. The molecule has 0 spiro atoms. The highest BCUT2D eigenvalue weighted by atomic mass is 15.2. The molecule has 1 fully saturated rings. The molecule has 1 aliphatic rings. The van der Waals surface area contributed by atoms with Crippen LogP contribution in [0.4, 0.5) is 5.82 Å². The summed E-state index contributed by atoms with van der Waals surface area (Å²) < 4.78 is 0. The van der Waals surface area contributed by atoms with Gasteiger partial charge in [-0.3, -0.25) is 0 Å². The summed E-state index contributed by atoms with van der Waals surface area (Å²) in [6.45, 7) is 4.59. The van der Waals surface area contributed by atoms with E-state index < -0.39 is 0 Å². The first-order valence-electron chi connectivity index (χ1n) is 10.5. The zero-order valence-corrected chi connectivity index (χ0v) is 17.2. The van der Waals surface area contributed by atoms with E-state index in [2.05, 4.69) is 80.3 Å². The third-order valence-corrected chi connectivity index (χ3v) is 6.54. The lowest BCUT2D eigenvalue weighted by atomic mass is 9.72. The minimum Gasteiger partial charge on any atom is -0.355 e. The standard InChI is InChI=1S/C24H26N6/c1-17-5-2-3-8-20(17)18-6-4-7-19(13-18)24(14-25)9-11-30(12-10-24)23-21-22(27-15-26-21)28-16-29-23/h2-8,13,15-16H,9-12,14,25H2,1H3,(H,26,27,28,29). The van der Waals surface area contributed by atoms with Gasteiger partial charge in [-0.2, -0.15) is 0 Å². The molecule has 6 heteroatoms. The second-order valence-corrected chi connectivity index (χ2v) is 8.16. The monoisotopic (exact) mass is 398 g/mol. The number of nitrogens with zero attached hydrogens (tertiary/aromatic N) is 4. The van der Waals surface area contributed by atoms with Gasteiger partial charge in [0.15, 0.2) is 11.5 Å². The van der Waals surface area contributed by atoms with Gasteiger partial charge < -0.3 is 15.6 Å². The average Bonchev–Trinajstić information content (AvgIpc) is 3.29. The van der Waals surface area contributed by atoms with Crippen LogP contribution in [0.2, 0.25) is 0 Å². The fourth-order valence-corrected chi connectivity index (χ4v) is 4.65. The Labute approximate surface area is 176 Å². The van der Waals surface area contributed by atoms with Crippen molar-refractivity contribution < 1.29 is 0 Å². The van der Waals surface area contributed by atoms with Crippen LogP contribution in [0.15, 0.2) is 61.2 Å². The van der Waals surface area contributed by atoms with Crippen LogP contribution in [0.3, 0.4) is 0 Å². The molecule has 3 heterocycles. The molecule has 0 amide bonds. The van der Waals surface area contributed by atoms with E-state index >= 15 is 0 Å². The number of nitrogens with one attached hydrogen (secondary N) is 1. The summed E-state index contributed by atoms with van der Waals surface area (Å²) >= 11 is 0. The molecular weight excluding hydrogens is 372 g/mol. The summed E-state index contributed by atoms with van der Waals surface area (Å²) in [6, 6.07) is 17.5. The lowest BCUT2D eigenvalue weighted by Gasteiger charge is -2.42. The molecule has 0 unspecified atom stereocenters. The fraction of sp³-hybridized carbons (Fsp3) is 0.292. The number of aryl methyl sites for hydroxylation is 1. The summed E-state index contributed by atoms with van der Waals surface area (Å²) in [5.74, 6) is 0.903. The van der Waals surface area contributed by atoms with E-state index in [0.717, 1.165) is 42.9 Å². The van der Waals surface area contributed by atoms with Crippen molar-refractivity contribution in [1.82, 2.24) is 19.9 Å². The van der Waals surface area contributed by atoms with Crippen molar-refractivity contribution in [3.63, 3.8) is 0 Å². The molecule has 0 aliphatic carbocycles. The minimum atomic E-state index is -0.0209. The highest BCUT2D eigenvalue weighted by Crippen LogP contribution is 2.38. The normalized spacial score (nSPS) is 16.1. The number of imidazole rings is 1. The number of hydrogen-bond donors (Lipinski definition) is 2. The molecule has 2 aromatic heterocycles. The van der Waals surface area contributed by atoms with Crippen LogP contribution in [-0.4, -0.2) is 39.6 Å². The van der Waals surface area contributed by atoms with E-state index in [0.29, 0.717) is 6.54 Å². The van der Waals surface area contributed by atoms with Crippen LogP contribution >= 0.6 is 0 Å². The van der Waals surface area contributed by atoms with Gasteiger partial charge in [0.25, 0.3) is 0 Å². The maximum absolute atomic E-state index is 6.39. The number of nitrogens with two attached hydrogens (primary N) is 1. The largest absolute Gasteiger partial charge is 0.355 e. The smallest absolute Gasteiger partial charge is 0.162 e. The van der Waals surface area contributed by atoms with Gasteiger partial charge in [-0.15, -0.1) is 0 Å². The Kier molecular flexibility index (Phi) is 4.71. The van der Waals surface area contributed by atoms with Gasteiger partial charge >= 0.3 is 0 Å². The van der Waals surface area contributed by atoms with Crippen LogP contribution < -0.4 is 10.6 Å². The van der Waals surface area contributed by atoms with Gasteiger partial charge in [0, 0.05) is 25.0 Å². The topological polar surface area (TPSA) is 83.7 Å². The van der Waals surface area contributed by atoms with Crippen LogP contribution in [0, 0.1) is 6.92 Å². The van der Waals surface area contributed by atoms with Gasteiger partial charge in [0.1, 0.15) is 11.8 Å². The molecule has 2 aromatic carbocycles. The number of piperidine rings is 1. The second-order valence-electron chi connectivity index (χ2n) is 8.16. The Morgan fingerprint density at radius 1 is 1.03 bits per heavy atom. The molecule has 0 saturated carbocycles. The third-order valence-electron chi connectivity index (χ3n) is 6.54. The SMILES string of the molecule is Cc1ccccc1-c1cccc(C2(CN)CCN(c3ncnc4[nH]cnc34)CC2)c1. The van der Waals surface area contributed by atoms with E-state index in [1.54, 1.807) is 12.7 Å². The first-order chi connectivity index (χ1) is 14.7. The Hall–Kier alpha value is -3.25. The van der Waals surface area contributed by atoms with Crippen molar-refractivity contribution in [2.45, 2.75) is 25.2 Å². The Balaban J connectivity index is 1.43. The molecule has 1 saturated heterocycles. The molecule has 0 bridgehead atoms. The Bertz CT molecular complexity index is 1170. The zero-order valence-electron chi connectivity index (χ0n) is 17.2. The predicted molar refractivity (Wildman–Crippen MR) is 120 cm³/mol. The lowest BCUT2D eigenvalue weighted by molar-refractivity contribution is 0.339. The number of benzene rings is 2. The number of hydrogen-bond acceptors (Lipinski definition) is 5. The Morgan fingerprint density at radius 2 is 1.87 bits per heavy atom. The summed E-state index contributed by atoms with van der Waals surface area (Å²) in [4.78, 5) is 18.6. The molecule has 6 nitrogen and oxygen atoms in total. The van der Waals surface area contributed by atoms with E-state index in [-0.39, 0.29) is 5.41 Å². The third kappa shape index (κ3) is 3.13. The van der Waals surface area contributed by atoms with E-state index in [9.17, 15) is 0 Å². The van der Waals surface area contributed by atoms with Crippen molar-refractivity contribution in [1.29, 1.82) is 0 Å². The van der Waals surface area contributed by atoms with E-state index in [1.807, 2.05) is 0 Å². The zero-order chi connectivity index (χ0) is 20.6. The number of H-pyrrole nitrogens is 1. The van der Waals surface area contributed by atoms with E-state index in [1.165, 1.54) is 22.3 Å². The summed E-state index contributed by atoms with van der Waals surface area (Å²) in [7, 11) is 0. The quantitative estimate of drug-likeness (QED) is 0.546. The van der Waals surface area contributed by atoms with Gasteiger partial charge in [-0.25, -0.2) is 15.0 Å². The van der Waals surface area contributed by atoms with Crippen LogP contribution in [0.25, 0.3) is 22.3 Å². The number of fused-ring (bicyclic) bond motifs is 1. The summed E-state index contributed by atoms with van der Waals surface area (Å²) in [6.07, 6.45) is 5.24. The van der Waals surface area contributed by atoms with Gasteiger partial charge in [0.05, 0.1) is 6.33 Å². The molecule has 30 heavy (non-hydrogen) atoms. The Morgan fingerprint density at radius 3 is 2.67 bits per heavy atom. The van der Waals surface area contributed by atoms with Crippen molar-refractivity contribution in [2.75, 3.05) is 24.5 Å². The number of rotatable bonds is 4. The lowest BCUT2D eigenvalue weighted by Crippen LogP contribution is -2.47. The molecule has 3 N–H and O–H groups in total. The number of aromatic nitrogens is 4. The van der Waals surface area contributed by atoms with Gasteiger partial charge in [0.2, 0.25) is 0 Å². The molecule has 0 atom stereocenters. The van der Waals surface area contributed by atoms with Crippen molar-refractivity contribution in [2.24, 2.45) is 5.73 Å². The van der Waals surface area contributed by atoms with Crippen molar-refractivity contribution in [3.05, 3.63) is 72.3 Å². The van der Waals surface area contributed by atoms with Gasteiger partial charge in [-0.1, -0.05) is 48.5 Å². The highest BCUT2D eigenvalue weighted by Gasteiger charge is 2.36. The highest BCUT2D eigenvalue weighted by molar-refractivity contribution is 5.82. The van der Waals surface area contributed by atoms with Crippen molar-refractivity contribution >= 4 is 17.0 Å².